The van der Waals surface area contributed by atoms with Gasteiger partial charge in [0.25, 0.3) is 5.91 Å². The fourth-order valence-electron chi connectivity index (χ4n) is 3.68. The Labute approximate surface area is 124 Å². The molecule has 1 aromatic rings. The first-order chi connectivity index (χ1) is 9.65. The Bertz CT molecular complexity index is 498. The van der Waals surface area contributed by atoms with Crippen LogP contribution in [0.25, 0.3) is 0 Å². The molecule has 2 fully saturated rings. The van der Waals surface area contributed by atoms with Gasteiger partial charge in [-0.05, 0) is 43.7 Å². The standard InChI is InChI=1S/C15H20ClN3O/c16-13-8-11(9-14(17)18-13)15(20)19-7-3-5-10-4-1-2-6-12(10)19/h8-10,12H,1-7H2,(H2,17,18)/t10-,12-/m1/s1. The second kappa shape index (κ2) is 5.60. The number of nitrogens with two attached hydrogens (primary N) is 1. The van der Waals surface area contributed by atoms with Gasteiger partial charge >= 0.3 is 0 Å². The summed E-state index contributed by atoms with van der Waals surface area (Å²) in [7, 11) is 0. The third-order valence-corrected chi connectivity index (χ3v) is 4.76. The van der Waals surface area contributed by atoms with Crippen molar-refractivity contribution in [2.24, 2.45) is 5.92 Å². The molecule has 2 atom stereocenters. The number of likely N-dealkylation sites (tertiary alicyclic amines) is 1. The van der Waals surface area contributed by atoms with E-state index in [1.165, 1.54) is 25.7 Å². The van der Waals surface area contributed by atoms with Crippen molar-refractivity contribution < 1.29 is 4.79 Å². The number of pyridine rings is 1. The Morgan fingerprint density at radius 1 is 1.25 bits per heavy atom. The molecule has 0 radical (unpaired) electrons. The van der Waals surface area contributed by atoms with Crippen molar-refractivity contribution in [3.8, 4) is 0 Å². The number of hydrogen-bond acceptors (Lipinski definition) is 3. The summed E-state index contributed by atoms with van der Waals surface area (Å²) in [5.41, 5.74) is 6.26. The van der Waals surface area contributed by atoms with Crippen LogP contribution in [0.5, 0.6) is 0 Å². The fourth-order valence-corrected chi connectivity index (χ4v) is 3.90. The summed E-state index contributed by atoms with van der Waals surface area (Å²) in [6.07, 6.45) is 7.27. The summed E-state index contributed by atoms with van der Waals surface area (Å²) in [6, 6.07) is 3.64. The highest BCUT2D eigenvalue weighted by Crippen LogP contribution is 2.36. The van der Waals surface area contributed by atoms with Crippen LogP contribution in [0.1, 0.15) is 48.9 Å². The van der Waals surface area contributed by atoms with Crippen LogP contribution in [0, 0.1) is 5.92 Å². The summed E-state index contributed by atoms with van der Waals surface area (Å²) in [5.74, 6) is 1.03. The van der Waals surface area contributed by atoms with Gasteiger partial charge in [-0.15, -0.1) is 0 Å². The third kappa shape index (κ3) is 2.62. The topological polar surface area (TPSA) is 59.2 Å². The molecule has 2 aliphatic rings. The number of nitrogen functional groups attached to an aromatic ring is 1. The SMILES string of the molecule is Nc1cc(C(=O)N2CCC[C@H]3CCCC[C@H]32)cc(Cl)n1. The Hall–Kier alpha value is -1.29. The molecule has 0 bridgehead atoms. The first-order valence-corrected chi connectivity index (χ1v) is 7.77. The number of fused-ring (bicyclic) bond motifs is 1. The van der Waals surface area contributed by atoms with Crippen molar-refractivity contribution >= 4 is 23.3 Å². The van der Waals surface area contributed by atoms with E-state index >= 15 is 0 Å². The highest BCUT2D eigenvalue weighted by atomic mass is 35.5. The first kappa shape index (κ1) is 13.7. The smallest absolute Gasteiger partial charge is 0.254 e. The molecule has 1 aliphatic heterocycles. The van der Waals surface area contributed by atoms with Crippen molar-refractivity contribution in [2.75, 3.05) is 12.3 Å². The molecule has 0 spiro atoms. The van der Waals surface area contributed by atoms with E-state index in [0.29, 0.717) is 23.3 Å². The van der Waals surface area contributed by atoms with Gasteiger partial charge in [-0.3, -0.25) is 4.79 Å². The molecule has 20 heavy (non-hydrogen) atoms. The van der Waals surface area contributed by atoms with Crippen LogP contribution in [0.3, 0.4) is 0 Å². The molecule has 1 aromatic heterocycles. The van der Waals surface area contributed by atoms with Gasteiger partial charge in [0.05, 0.1) is 0 Å². The van der Waals surface area contributed by atoms with Gasteiger partial charge in [-0.2, -0.15) is 0 Å². The van der Waals surface area contributed by atoms with Crippen molar-refractivity contribution in [1.82, 2.24) is 9.88 Å². The van der Waals surface area contributed by atoms with Crippen molar-refractivity contribution in [3.05, 3.63) is 22.8 Å². The summed E-state index contributed by atoms with van der Waals surface area (Å²) >= 11 is 5.91. The Balaban J connectivity index is 1.84. The van der Waals surface area contributed by atoms with Crippen LogP contribution in [-0.2, 0) is 0 Å². The van der Waals surface area contributed by atoms with Crippen molar-refractivity contribution in [1.29, 1.82) is 0 Å². The number of piperidine rings is 1. The summed E-state index contributed by atoms with van der Waals surface area (Å²) in [5, 5.41) is 0.283. The monoisotopic (exact) mass is 293 g/mol. The van der Waals surface area contributed by atoms with Crippen LogP contribution < -0.4 is 5.73 Å². The molecule has 2 heterocycles. The predicted octanol–water partition coefficient (Wildman–Crippen LogP) is 3.11. The lowest BCUT2D eigenvalue weighted by Gasteiger charge is -2.44. The fraction of sp³-hybridized carbons (Fsp3) is 0.600. The van der Waals surface area contributed by atoms with Gasteiger partial charge in [0, 0.05) is 18.2 Å². The van der Waals surface area contributed by atoms with Crippen LogP contribution >= 0.6 is 11.6 Å². The lowest BCUT2D eigenvalue weighted by Crippen LogP contribution is -2.49. The summed E-state index contributed by atoms with van der Waals surface area (Å²) in [6.45, 7) is 0.847. The average molecular weight is 294 g/mol. The molecule has 0 aromatic carbocycles. The highest BCUT2D eigenvalue weighted by Gasteiger charge is 2.36. The first-order valence-electron chi connectivity index (χ1n) is 7.39. The molecular formula is C15H20ClN3O. The Kier molecular flexibility index (Phi) is 3.83. The second-order valence-corrected chi connectivity index (χ2v) is 6.24. The van der Waals surface area contributed by atoms with Crippen molar-refractivity contribution in [2.45, 2.75) is 44.6 Å². The molecular weight excluding hydrogens is 274 g/mol. The van der Waals surface area contributed by atoms with Gasteiger partial charge in [0.15, 0.2) is 0 Å². The number of amides is 1. The van der Waals surface area contributed by atoms with Gasteiger partial charge < -0.3 is 10.6 Å². The summed E-state index contributed by atoms with van der Waals surface area (Å²) in [4.78, 5) is 18.7. The molecule has 1 saturated carbocycles. The number of aromatic nitrogens is 1. The van der Waals surface area contributed by atoms with Gasteiger partial charge in [-0.25, -0.2) is 4.98 Å². The largest absolute Gasteiger partial charge is 0.384 e. The van der Waals surface area contributed by atoms with E-state index in [1.807, 2.05) is 4.90 Å². The number of hydrogen-bond donors (Lipinski definition) is 1. The van der Waals surface area contributed by atoms with E-state index in [4.69, 9.17) is 17.3 Å². The second-order valence-electron chi connectivity index (χ2n) is 5.86. The minimum atomic E-state index is 0.0533. The van der Waals surface area contributed by atoms with Gasteiger partial charge in [0.2, 0.25) is 0 Å². The molecule has 5 heteroatoms. The number of anilines is 1. The normalized spacial score (nSPS) is 26.1. The van der Waals surface area contributed by atoms with Crippen LogP contribution in [-0.4, -0.2) is 28.4 Å². The minimum Gasteiger partial charge on any atom is -0.384 e. The lowest BCUT2D eigenvalue weighted by molar-refractivity contribution is 0.0390. The van der Waals surface area contributed by atoms with Crippen molar-refractivity contribution in [3.63, 3.8) is 0 Å². The molecule has 1 amide bonds. The highest BCUT2D eigenvalue weighted by molar-refractivity contribution is 6.29. The third-order valence-electron chi connectivity index (χ3n) is 4.56. The van der Waals surface area contributed by atoms with Crippen LogP contribution in [0.15, 0.2) is 12.1 Å². The Morgan fingerprint density at radius 3 is 2.80 bits per heavy atom. The molecule has 108 valence electrons. The average Bonchev–Trinajstić information content (AvgIpc) is 2.45. The molecule has 1 saturated heterocycles. The van der Waals surface area contributed by atoms with E-state index in [1.54, 1.807) is 12.1 Å². The lowest BCUT2D eigenvalue weighted by atomic mass is 9.78. The maximum Gasteiger partial charge on any atom is 0.254 e. The van der Waals surface area contributed by atoms with Crippen LogP contribution in [0.4, 0.5) is 5.82 Å². The zero-order valence-corrected chi connectivity index (χ0v) is 12.3. The molecule has 3 rings (SSSR count). The quantitative estimate of drug-likeness (QED) is 0.809. The number of rotatable bonds is 1. The predicted molar refractivity (Wildman–Crippen MR) is 79.7 cm³/mol. The molecule has 1 aliphatic carbocycles. The number of nitrogens with zero attached hydrogens (tertiary/aromatic N) is 2. The van der Waals surface area contributed by atoms with Gasteiger partial charge in [0.1, 0.15) is 11.0 Å². The summed E-state index contributed by atoms with van der Waals surface area (Å²) < 4.78 is 0. The maximum absolute atomic E-state index is 12.7. The van der Waals surface area contributed by atoms with Gasteiger partial charge in [-0.1, -0.05) is 24.4 Å². The van der Waals surface area contributed by atoms with E-state index in [0.717, 1.165) is 19.4 Å². The number of carbonyl (C=O) groups is 1. The van der Waals surface area contributed by atoms with E-state index in [9.17, 15) is 4.79 Å². The minimum absolute atomic E-state index is 0.0533. The molecule has 4 nitrogen and oxygen atoms in total. The molecule has 0 unspecified atom stereocenters. The molecule has 2 N–H and O–H groups in total. The van der Waals surface area contributed by atoms with E-state index in [-0.39, 0.29) is 11.1 Å². The Morgan fingerprint density at radius 2 is 2.00 bits per heavy atom. The van der Waals surface area contributed by atoms with Crippen LogP contribution in [0.2, 0.25) is 5.15 Å². The number of carbonyl (C=O) groups excluding carboxylic acids is 1. The zero-order valence-electron chi connectivity index (χ0n) is 11.5. The maximum atomic E-state index is 12.7. The van der Waals surface area contributed by atoms with E-state index < -0.39 is 0 Å². The number of halogens is 1. The zero-order chi connectivity index (χ0) is 14.1. The van der Waals surface area contributed by atoms with E-state index in [2.05, 4.69) is 4.98 Å².